The summed E-state index contributed by atoms with van der Waals surface area (Å²) in [6.07, 6.45) is 1.81. The van der Waals surface area contributed by atoms with E-state index in [1.165, 1.54) is 11.3 Å². The molecule has 0 amide bonds. The van der Waals surface area contributed by atoms with Gasteiger partial charge in [-0.15, -0.1) is 0 Å². The minimum absolute atomic E-state index is 0.221. The predicted molar refractivity (Wildman–Crippen MR) is 181 cm³/mol. The maximum atomic E-state index is 14.0. The van der Waals surface area contributed by atoms with Crippen LogP contribution in [0.25, 0.3) is 16.8 Å². The Labute approximate surface area is 272 Å². The van der Waals surface area contributed by atoms with Crippen LogP contribution in [0.15, 0.2) is 104 Å². The summed E-state index contributed by atoms with van der Waals surface area (Å²) >= 11 is 4.94. The van der Waals surface area contributed by atoms with Gasteiger partial charge in [0.1, 0.15) is 6.61 Å². The molecule has 1 aliphatic rings. The molecule has 7 nitrogen and oxygen atoms in total. The lowest BCUT2D eigenvalue weighted by Crippen LogP contribution is -2.39. The molecule has 4 aromatic carbocycles. The summed E-state index contributed by atoms with van der Waals surface area (Å²) < 4.78 is 20.2. The Morgan fingerprint density at radius 2 is 1.80 bits per heavy atom. The van der Waals surface area contributed by atoms with Crippen molar-refractivity contribution in [2.45, 2.75) is 33.4 Å². The zero-order chi connectivity index (χ0) is 31.7. The smallest absolute Gasteiger partial charge is 0.338 e. The van der Waals surface area contributed by atoms with Gasteiger partial charge in [0.2, 0.25) is 0 Å². The SMILES string of the molecule is CCOC(=O)C1=C(C)N=c2s/c(=C\c3cc(Br)c(OCc4cccc5ccccc45)c(OC)c3)c(=O)n2[C@H]1c1ccc(C)cc1. The van der Waals surface area contributed by atoms with Gasteiger partial charge in [-0.05, 0) is 82.4 Å². The summed E-state index contributed by atoms with van der Waals surface area (Å²) in [4.78, 5) is 32.3. The number of hydrogen-bond donors (Lipinski definition) is 0. The number of ether oxygens (including phenoxy) is 3. The van der Waals surface area contributed by atoms with Crippen molar-refractivity contribution in [3.63, 3.8) is 0 Å². The first-order valence-electron chi connectivity index (χ1n) is 14.5. The average Bonchev–Trinajstić information content (AvgIpc) is 3.33. The topological polar surface area (TPSA) is 79.1 Å². The summed E-state index contributed by atoms with van der Waals surface area (Å²) in [6.45, 7) is 6.11. The van der Waals surface area contributed by atoms with E-state index < -0.39 is 12.0 Å². The van der Waals surface area contributed by atoms with Crippen molar-refractivity contribution in [3.05, 3.63) is 137 Å². The van der Waals surface area contributed by atoms with Crippen LogP contribution in [0.5, 0.6) is 11.5 Å². The first kappa shape index (κ1) is 30.6. The number of aryl methyl sites for hydroxylation is 1. The molecule has 9 heteroatoms. The number of hydrogen-bond acceptors (Lipinski definition) is 7. The number of carbonyl (C=O) groups excluding carboxylic acids is 1. The Morgan fingerprint density at radius 3 is 2.56 bits per heavy atom. The Balaban J connectivity index is 1.39. The van der Waals surface area contributed by atoms with Crippen molar-refractivity contribution in [2.24, 2.45) is 4.99 Å². The summed E-state index contributed by atoms with van der Waals surface area (Å²) in [6, 6.07) is 25.2. The molecule has 0 aliphatic carbocycles. The van der Waals surface area contributed by atoms with Crippen molar-refractivity contribution in [1.29, 1.82) is 0 Å². The highest BCUT2D eigenvalue weighted by molar-refractivity contribution is 9.10. The van der Waals surface area contributed by atoms with Gasteiger partial charge >= 0.3 is 5.97 Å². The summed E-state index contributed by atoms with van der Waals surface area (Å²) in [5, 5.41) is 2.28. The number of carbonyl (C=O) groups is 1. The third kappa shape index (κ3) is 5.98. The molecule has 0 saturated heterocycles. The highest BCUT2D eigenvalue weighted by Crippen LogP contribution is 2.38. The quantitative estimate of drug-likeness (QED) is 0.172. The Hall–Kier alpha value is -4.47. The van der Waals surface area contributed by atoms with Crippen LogP contribution in [-0.4, -0.2) is 24.3 Å². The first-order valence-corrected chi connectivity index (χ1v) is 16.1. The van der Waals surface area contributed by atoms with Gasteiger partial charge in [-0.3, -0.25) is 9.36 Å². The second-order valence-electron chi connectivity index (χ2n) is 10.7. The number of halogens is 1. The number of fused-ring (bicyclic) bond motifs is 2. The number of thiazole rings is 1. The standard InChI is InChI=1S/C36H31BrN2O5S/c1-5-43-35(41)31-22(3)38-36-39(32(31)25-15-13-21(2)14-16-25)34(40)30(45-36)19-23-17-28(37)33(29(18-23)42-4)44-20-26-11-8-10-24-9-6-7-12-27(24)26/h6-19,32H,5,20H2,1-4H3/b30-19-/t32-/m0/s1. The van der Waals surface area contributed by atoms with Crippen LogP contribution in [-0.2, 0) is 16.1 Å². The first-order chi connectivity index (χ1) is 21.8. The van der Waals surface area contributed by atoms with E-state index in [0.29, 0.717) is 43.2 Å². The molecule has 1 aliphatic heterocycles. The van der Waals surface area contributed by atoms with Gasteiger partial charge in [0.05, 0.1) is 40.0 Å². The van der Waals surface area contributed by atoms with Crippen LogP contribution < -0.4 is 24.4 Å². The fourth-order valence-electron chi connectivity index (χ4n) is 5.54. The minimum atomic E-state index is -0.658. The van der Waals surface area contributed by atoms with Crippen LogP contribution >= 0.6 is 27.3 Å². The molecule has 0 bridgehead atoms. The predicted octanol–water partition coefficient (Wildman–Crippen LogP) is 6.61. The van der Waals surface area contributed by atoms with Crippen LogP contribution in [0.1, 0.15) is 42.1 Å². The van der Waals surface area contributed by atoms with Gasteiger partial charge in [0.15, 0.2) is 16.3 Å². The highest BCUT2D eigenvalue weighted by atomic mass is 79.9. The lowest BCUT2D eigenvalue weighted by atomic mass is 9.95. The maximum absolute atomic E-state index is 14.0. The number of benzene rings is 4. The molecule has 6 rings (SSSR count). The molecule has 0 fully saturated rings. The summed E-state index contributed by atoms with van der Waals surface area (Å²) in [5.41, 5.74) is 4.34. The second kappa shape index (κ2) is 12.9. The van der Waals surface area contributed by atoms with Crippen molar-refractivity contribution in [3.8, 4) is 11.5 Å². The zero-order valence-corrected chi connectivity index (χ0v) is 27.7. The Morgan fingerprint density at radius 1 is 1.04 bits per heavy atom. The summed E-state index contributed by atoms with van der Waals surface area (Å²) in [7, 11) is 1.59. The van der Waals surface area contributed by atoms with E-state index in [9.17, 15) is 9.59 Å². The Bertz CT molecular complexity index is 2140. The largest absolute Gasteiger partial charge is 0.493 e. The van der Waals surface area contributed by atoms with E-state index >= 15 is 0 Å². The molecule has 228 valence electrons. The number of nitrogens with zero attached hydrogens (tertiary/aromatic N) is 2. The second-order valence-corrected chi connectivity index (χ2v) is 12.5. The third-order valence-corrected chi connectivity index (χ3v) is 9.28. The molecule has 1 aromatic heterocycles. The van der Waals surface area contributed by atoms with Crippen LogP contribution in [0.3, 0.4) is 0 Å². The number of aromatic nitrogens is 1. The van der Waals surface area contributed by atoms with Gasteiger partial charge in [-0.1, -0.05) is 83.6 Å². The van der Waals surface area contributed by atoms with Crippen molar-refractivity contribution in [1.82, 2.24) is 4.57 Å². The fraction of sp³-hybridized carbons (Fsp3) is 0.194. The van der Waals surface area contributed by atoms with Crippen molar-refractivity contribution >= 4 is 50.1 Å². The zero-order valence-electron chi connectivity index (χ0n) is 25.3. The monoisotopic (exact) mass is 682 g/mol. The summed E-state index contributed by atoms with van der Waals surface area (Å²) in [5.74, 6) is 0.617. The Kier molecular flexibility index (Phi) is 8.74. The molecule has 0 saturated carbocycles. The molecule has 2 heterocycles. The molecular formula is C36H31BrN2O5S. The molecule has 1 atom stereocenters. The van der Waals surface area contributed by atoms with Gasteiger partial charge in [0.25, 0.3) is 5.56 Å². The maximum Gasteiger partial charge on any atom is 0.338 e. The van der Waals surface area contributed by atoms with E-state index in [1.54, 1.807) is 31.6 Å². The lowest BCUT2D eigenvalue weighted by molar-refractivity contribution is -0.139. The fourth-order valence-corrected chi connectivity index (χ4v) is 7.16. The van der Waals surface area contributed by atoms with E-state index in [4.69, 9.17) is 14.2 Å². The number of rotatable bonds is 8. The van der Waals surface area contributed by atoms with Gasteiger partial charge < -0.3 is 14.2 Å². The molecular weight excluding hydrogens is 652 g/mol. The lowest BCUT2D eigenvalue weighted by Gasteiger charge is -2.24. The molecule has 45 heavy (non-hydrogen) atoms. The van der Waals surface area contributed by atoms with E-state index in [2.05, 4.69) is 45.2 Å². The van der Waals surface area contributed by atoms with E-state index in [1.807, 2.05) is 61.5 Å². The molecule has 0 spiro atoms. The highest BCUT2D eigenvalue weighted by Gasteiger charge is 2.33. The van der Waals surface area contributed by atoms with Gasteiger partial charge in [-0.2, -0.15) is 0 Å². The van der Waals surface area contributed by atoms with Crippen LogP contribution in [0.2, 0.25) is 0 Å². The van der Waals surface area contributed by atoms with E-state index in [0.717, 1.165) is 33.0 Å². The van der Waals surface area contributed by atoms with Crippen LogP contribution in [0.4, 0.5) is 0 Å². The molecule has 0 N–H and O–H groups in total. The third-order valence-electron chi connectivity index (χ3n) is 7.71. The normalized spacial score (nSPS) is 14.7. The van der Waals surface area contributed by atoms with Crippen LogP contribution in [0, 0.1) is 6.92 Å². The molecule has 5 aromatic rings. The van der Waals surface area contributed by atoms with Crippen molar-refractivity contribution in [2.75, 3.05) is 13.7 Å². The number of allylic oxidation sites excluding steroid dienone is 1. The molecule has 0 radical (unpaired) electrons. The average molecular weight is 684 g/mol. The van der Waals surface area contributed by atoms with E-state index in [-0.39, 0.29) is 12.2 Å². The number of methoxy groups -OCH3 is 1. The minimum Gasteiger partial charge on any atom is -0.493 e. The van der Waals surface area contributed by atoms with Crippen molar-refractivity contribution < 1.29 is 19.0 Å². The van der Waals surface area contributed by atoms with Gasteiger partial charge in [-0.25, -0.2) is 9.79 Å². The number of esters is 1. The molecule has 0 unspecified atom stereocenters. The van der Waals surface area contributed by atoms with Gasteiger partial charge in [0, 0.05) is 0 Å².